The normalized spacial score (nSPS) is 28.9. The smallest absolute Gasteiger partial charge is 0.167 e. The Morgan fingerprint density at radius 1 is 1.44 bits per heavy atom. The fourth-order valence-electron chi connectivity index (χ4n) is 2.25. The summed E-state index contributed by atoms with van der Waals surface area (Å²) in [5, 5.41) is 10.6. The largest absolute Gasteiger partial charge is 0.398 e. The molecule has 0 radical (unpaired) electrons. The number of halogens is 1. The summed E-state index contributed by atoms with van der Waals surface area (Å²) in [5.74, 6) is 0. The second-order valence-corrected chi connectivity index (χ2v) is 4.95. The summed E-state index contributed by atoms with van der Waals surface area (Å²) in [6, 6.07) is 0.326. The fourth-order valence-corrected chi connectivity index (χ4v) is 2.49. The second kappa shape index (κ2) is 4.65. The van der Waals surface area contributed by atoms with Gasteiger partial charge < -0.3 is 20.6 Å². The monoisotopic (exact) mass is 243 g/mol. The first kappa shape index (κ1) is 11.8. The zero-order valence-electron chi connectivity index (χ0n) is 9.43. The Balaban J connectivity index is 2.07. The summed E-state index contributed by atoms with van der Waals surface area (Å²) in [6.45, 7) is 2.09. The Morgan fingerprint density at radius 2 is 2.06 bits per heavy atom. The van der Waals surface area contributed by atoms with Crippen LogP contribution in [0.2, 0.25) is 0 Å². The molecule has 0 aromatic heterocycles. The van der Waals surface area contributed by atoms with Crippen LogP contribution in [0.4, 0.5) is 0 Å². The Kier molecular flexibility index (Phi) is 3.42. The van der Waals surface area contributed by atoms with Gasteiger partial charge in [-0.1, -0.05) is 11.6 Å². The van der Waals surface area contributed by atoms with Gasteiger partial charge in [0.05, 0.1) is 10.7 Å². The first-order chi connectivity index (χ1) is 7.58. The van der Waals surface area contributed by atoms with Crippen LogP contribution in [0, 0.1) is 0 Å². The van der Waals surface area contributed by atoms with E-state index >= 15 is 0 Å². The highest BCUT2D eigenvalue weighted by molar-refractivity contribution is 6.31. The van der Waals surface area contributed by atoms with E-state index in [1.165, 1.54) is 0 Å². The third kappa shape index (κ3) is 2.34. The summed E-state index contributed by atoms with van der Waals surface area (Å²) in [5.41, 5.74) is 6.15. The van der Waals surface area contributed by atoms with Crippen LogP contribution in [0.25, 0.3) is 0 Å². The topological polar surface area (TPSA) is 52.7 Å². The lowest BCUT2D eigenvalue weighted by atomic mass is 10.0. The lowest BCUT2D eigenvalue weighted by Crippen LogP contribution is -2.48. The standard InChI is InChI=1S/C11H18ClN3O/c1-14-4-2-9(3-5-14)15-7-8(12)6-10(13)11(15)16/h6-7,9,11,16H,2-5,13H2,1H3. The van der Waals surface area contributed by atoms with E-state index in [1.807, 2.05) is 4.90 Å². The molecular weight excluding hydrogens is 226 g/mol. The van der Waals surface area contributed by atoms with Crippen molar-refractivity contribution < 1.29 is 5.11 Å². The number of rotatable bonds is 1. The molecule has 90 valence electrons. The fraction of sp³-hybridized carbons (Fsp3) is 0.636. The molecule has 1 atom stereocenters. The molecule has 0 aromatic carbocycles. The van der Waals surface area contributed by atoms with E-state index in [9.17, 15) is 5.11 Å². The predicted octanol–water partition coefficient (Wildman–Crippen LogP) is 0.637. The Labute approximate surface area is 101 Å². The molecule has 2 aliphatic rings. The number of piperidine rings is 1. The van der Waals surface area contributed by atoms with E-state index in [4.69, 9.17) is 17.3 Å². The quantitative estimate of drug-likeness (QED) is 0.710. The average molecular weight is 244 g/mol. The highest BCUT2D eigenvalue weighted by atomic mass is 35.5. The highest BCUT2D eigenvalue weighted by Gasteiger charge is 2.28. The number of aliphatic hydroxyl groups excluding tert-OH is 1. The van der Waals surface area contributed by atoms with E-state index in [1.54, 1.807) is 12.3 Å². The van der Waals surface area contributed by atoms with Crippen molar-refractivity contribution in [2.45, 2.75) is 25.1 Å². The van der Waals surface area contributed by atoms with Gasteiger partial charge in [0.25, 0.3) is 0 Å². The minimum absolute atomic E-state index is 0.326. The zero-order chi connectivity index (χ0) is 11.7. The van der Waals surface area contributed by atoms with E-state index in [0.29, 0.717) is 16.8 Å². The molecule has 1 saturated heterocycles. The highest BCUT2D eigenvalue weighted by Crippen LogP contribution is 2.25. The van der Waals surface area contributed by atoms with Crippen molar-refractivity contribution in [1.82, 2.24) is 9.80 Å². The second-order valence-electron chi connectivity index (χ2n) is 4.51. The van der Waals surface area contributed by atoms with Crippen molar-refractivity contribution in [2.24, 2.45) is 5.73 Å². The summed E-state index contributed by atoms with van der Waals surface area (Å²) in [4.78, 5) is 4.17. The SMILES string of the molecule is CN1CCC(N2C=C(Cl)C=C(N)C2O)CC1. The predicted molar refractivity (Wildman–Crippen MR) is 64.6 cm³/mol. The number of hydrogen-bond donors (Lipinski definition) is 2. The molecule has 5 heteroatoms. The van der Waals surface area contributed by atoms with E-state index in [-0.39, 0.29) is 0 Å². The third-order valence-corrected chi connectivity index (χ3v) is 3.47. The van der Waals surface area contributed by atoms with E-state index in [0.717, 1.165) is 25.9 Å². The molecule has 0 aliphatic carbocycles. The van der Waals surface area contributed by atoms with Gasteiger partial charge >= 0.3 is 0 Å². The maximum atomic E-state index is 9.99. The van der Waals surface area contributed by atoms with Gasteiger partial charge in [-0.05, 0) is 39.1 Å². The molecule has 1 fully saturated rings. The summed E-state index contributed by atoms with van der Waals surface area (Å²) < 4.78 is 0. The number of nitrogens with two attached hydrogens (primary N) is 1. The maximum absolute atomic E-state index is 9.99. The Morgan fingerprint density at radius 3 is 2.69 bits per heavy atom. The molecule has 0 bridgehead atoms. The summed E-state index contributed by atoms with van der Waals surface area (Å²) in [7, 11) is 2.11. The van der Waals surface area contributed by atoms with Crippen molar-refractivity contribution in [3.63, 3.8) is 0 Å². The molecule has 16 heavy (non-hydrogen) atoms. The van der Waals surface area contributed by atoms with Crippen molar-refractivity contribution in [1.29, 1.82) is 0 Å². The maximum Gasteiger partial charge on any atom is 0.167 e. The molecule has 4 nitrogen and oxygen atoms in total. The minimum atomic E-state index is -0.726. The van der Waals surface area contributed by atoms with Crippen LogP contribution in [0.15, 0.2) is 23.0 Å². The third-order valence-electron chi connectivity index (χ3n) is 3.27. The van der Waals surface area contributed by atoms with Crippen LogP contribution in [0.5, 0.6) is 0 Å². The molecule has 0 spiro atoms. The van der Waals surface area contributed by atoms with Crippen molar-refractivity contribution >= 4 is 11.6 Å². The number of nitrogens with zero attached hydrogens (tertiary/aromatic N) is 2. The lowest BCUT2D eigenvalue weighted by molar-refractivity contribution is 0.0161. The molecule has 2 aliphatic heterocycles. The molecule has 0 aromatic rings. The Bertz CT molecular complexity index is 321. The minimum Gasteiger partial charge on any atom is -0.398 e. The van der Waals surface area contributed by atoms with Crippen LogP contribution in [-0.2, 0) is 0 Å². The van der Waals surface area contributed by atoms with Crippen LogP contribution in [0.3, 0.4) is 0 Å². The van der Waals surface area contributed by atoms with Gasteiger partial charge in [-0.3, -0.25) is 0 Å². The molecule has 2 heterocycles. The van der Waals surface area contributed by atoms with Gasteiger partial charge in [-0.15, -0.1) is 0 Å². The average Bonchev–Trinajstić information content (AvgIpc) is 2.25. The lowest BCUT2D eigenvalue weighted by Gasteiger charge is -2.40. The number of aliphatic hydroxyl groups is 1. The Hall–Kier alpha value is -0.710. The molecule has 1 unspecified atom stereocenters. The van der Waals surface area contributed by atoms with Gasteiger partial charge in [0.1, 0.15) is 0 Å². The number of hydrogen-bond acceptors (Lipinski definition) is 4. The van der Waals surface area contributed by atoms with Gasteiger partial charge in [0.2, 0.25) is 0 Å². The van der Waals surface area contributed by atoms with Crippen molar-refractivity contribution in [3.05, 3.63) is 23.0 Å². The molecule has 0 saturated carbocycles. The van der Waals surface area contributed by atoms with E-state index < -0.39 is 6.23 Å². The van der Waals surface area contributed by atoms with Crippen molar-refractivity contribution in [2.75, 3.05) is 20.1 Å². The van der Waals surface area contributed by atoms with Gasteiger partial charge in [-0.25, -0.2) is 0 Å². The molecule has 0 amide bonds. The van der Waals surface area contributed by atoms with Crippen molar-refractivity contribution in [3.8, 4) is 0 Å². The van der Waals surface area contributed by atoms with E-state index in [2.05, 4.69) is 11.9 Å². The van der Waals surface area contributed by atoms with Gasteiger partial charge in [0, 0.05) is 12.2 Å². The summed E-state index contributed by atoms with van der Waals surface area (Å²) >= 11 is 5.96. The van der Waals surface area contributed by atoms with Gasteiger partial charge in [0.15, 0.2) is 6.23 Å². The summed E-state index contributed by atoms with van der Waals surface area (Å²) in [6.07, 6.45) is 4.73. The van der Waals surface area contributed by atoms with Crippen LogP contribution in [-0.4, -0.2) is 47.3 Å². The van der Waals surface area contributed by atoms with Crippen LogP contribution >= 0.6 is 11.6 Å². The van der Waals surface area contributed by atoms with Crippen LogP contribution < -0.4 is 5.73 Å². The molecule has 2 rings (SSSR count). The van der Waals surface area contributed by atoms with Gasteiger partial charge in [-0.2, -0.15) is 0 Å². The first-order valence-electron chi connectivity index (χ1n) is 5.56. The number of allylic oxidation sites excluding steroid dienone is 2. The van der Waals surface area contributed by atoms with Crippen LogP contribution in [0.1, 0.15) is 12.8 Å². The zero-order valence-corrected chi connectivity index (χ0v) is 10.2. The number of likely N-dealkylation sites (tertiary alicyclic amines) is 1. The molecule has 3 N–H and O–H groups in total. The molecular formula is C11H18ClN3O. The first-order valence-corrected chi connectivity index (χ1v) is 5.94.